The zero-order chi connectivity index (χ0) is 24.7. The van der Waals surface area contributed by atoms with Gasteiger partial charge >= 0.3 is 5.97 Å². The molecule has 0 radical (unpaired) electrons. The van der Waals surface area contributed by atoms with Gasteiger partial charge in [0.25, 0.3) is 5.89 Å². The van der Waals surface area contributed by atoms with Crippen LogP contribution in [0.1, 0.15) is 59.1 Å². The number of ether oxygens (including phenoxy) is 2. The lowest BCUT2D eigenvalue weighted by Gasteiger charge is -2.20. The van der Waals surface area contributed by atoms with Crippen molar-refractivity contribution in [3.63, 3.8) is 0 Å². The van der Waals surface area contributed by atoms with Gasteiger partial charge in [-0.2, -0.15) is 4.98 Å². The van der Waals surface area contributed by atoms with Crippen LogP contribution < -0.4 is 4.74 Å². The Bertz CT molecular complexity index is 1360. The number of fused-ring (bicyclic) bond motifs is 3. The molecule has 0 fully saturated rings. The van der Waals surface area contributed by atoms with Gasteiger partial charge in [0.15, 0.2) is 0 Å². The quantitative estimate of drug-likeness (QED) is 0.352. The zero-order valence-corrected chi connectivity index (χ0v) is 20.6. The van der Waals surface area contributed by atoms with Crippen molar-refractivity contribution in [1.82, 2.24) is 24.7 Å². The molecule has 1 aliphatic rings. The summed E-state index contributed by atoms with van der Waals surface area (Å²) < 4.78 is 18.8. The molecule has 3 aromatic heterocycles. The van der Waals surface area contributed by atoms with Crippen LogP contribution in [0, 0.1) is 0 Å². The molecule has 35 heavy (non-hydrogen) atoms. The zero-order valence-electron chi connectivity index (χ0n) is 20.6. The van der Waals surface area contributed by atoms with Crippen LogP contribution in [0.25, 0.3) is 33.9 Å². The van der Waals surface area contributed by atoms with Crippen molar-refractivity contribution >= 4 is 16.9 Å². The Hall–Kier alpha value is -3.75. The normalized spacial score (nSPS) is 15.5. The third-order valence-electron chi connectivity index (χ3n) is 5.77. The molecule has 0 amide bonds. The van der Waals surface area contributed by atoms with Gasteiger partial charge in [0, 0.05) is 34.6 Å². The van der Waals surface area contributed by atoms with Crippen LogP contribution >= 0.6 is 0 Å². The fourth-order valence-electron chi connectivity index (χ4n) is 4.42. The molecule has 1 aromatic carbocycles. The van der Waals surface area contributed by atoms with Crippen molar-refractivity contribution in [3.05, 3.63) is 42.4 Å². The minimum atomic E-state index is -0.476. The highest BCUT2D eigenvalue weighted by molar-refractivity contribution is 5.86. The molecule has 9 nitrogen and oxygen atoms in total. The molecule has 182 valence electrons. The number of esters is 1. The lowest BCUT2D eigenvalue weighted by Crippen LogP contribution is -2.24. The minimum absolute atomic E-state index is 0.0170. The van der Waals surface area contributed by atoms with Gasteiger partial charge in [-0.25, -0.2) is 9.97 Å². The topological polar surface area (TPSA) is 105 Å². The second-order valence-corrected chi connectivity index (χ2v) is 10.1. The van der Waals surface area contributed by atoms with Crippen molar-refractivity contribution in [2.75, 3.05) is 0 Å². The molecule has 0 bridgehead atoms. The van der Waals surface area contributed by atoms with Crippen LogP contribution in [-0.4, -0.2) is 42.4 Å². The SMILES string of the molecule is CC(C)Oc1cnc(-c2nc(-c3ccc4c(c3)cc3n4CCC3CC(=O)OC(C)(C)C)no2)cn1. The Morgan fingerprint density at radius 3 is 2.74 bits per heavy atom. The first-order valence-corrected chi connectivity index (χ1v) is 11.8. The van der Waals surface area contributed by atoms with Crippen molar-refractivity contribution in [2.45, 2.75) is 71.6 Å². The van der Waals surface area contributed by atoms with Gasteiger partial charge in [-0.3, -0.25) is 4.79 Å². The lowest BCUT2D eigenvalue weighted by atomic mass is 10.00. The highest BCUT2D eigenvalue weighted by Crippen LogP contribution is 2.38. The van der Waals surface area contributed by atoms with E-state index in [1.165, 1.54) is 0 Å². The molecular weight excluding hydrogens is 446 g/mol. The van der Waals surface area contributed by atoms with E-state index in [9.17, 15) is 4.79 Å². The van der Waals surface area contributed by atoms with Crippen molar-refractivity contribution in [1.29, 1.82) is 0 Å². The summed E-state index contributed by atoms with van der Waals surface area (Å²) in [6, 6.07) is 8.25. The number of hydrogen-bond donors (Lipinski definition) is 0. The number of hydrogen-bond acceptors (Lipinski definition) is 8. The molecule has 0 N–H and O–H groups in total. The fourth-order valence-corrected chi connectivity index (χ4v) is 4.42. The number of aromatic nitrogens is 5. The molecule has 1 unspecified atom stereocenters. The van der Waals surface area contributed by atoms with Gasteiger partial charge in [0.1, 0.15) is 11.3 Å². The third-order valence-corrected chi connectivity index (χ3v) is 5.77. The molecule has 0 saturated heterocycles. The maximum Gasteiger partial charge on any atom is 0.306 e. The first-order valence-electron chi connectivity index (χ1n) is 11.8. The summed E-state index contributed by atoms with van der Waals surface area (Å²) in [5.41, 5.74) is 3.14. The van der Waals surface area contributed by atoms with Crippen LogP contribution in [0.4, 0.5) is 0 Å². The smallest absolute Gasteiger partial charge is 0.306 e. The van der Waals surface area contributed by atoms with E-state index in [0.717, 1.165) is 35.1 Å². The van der Waals surface area contributed by atoms with Crippen LogP contribution in [0.2, 0.25) is 0 Å². The molecular formula is C26H29N5O4. The van der Waals surface area contributed by atoms with Gasteiger partial charge in [0.05, 0.1) is 24.9 Å². The standard InChI is InChI=1S/C26H29N5O4/c1-15(2)33-22-14-27-19(13-28-22)25-29-24(30-35-25)17-6-7-20-18(10-17)11-21-16(8-9-31(20)21)12-23(32)34-26(3,4)5/h6-7,10-11,13-16H,8-9,12H2,1-5H3. The van der Waals surface area contributed by atoms with E-state index in [-0.39, 0.29) is 18.0 Å². The average Bonchev–Trinajstić information content (AvgIpc) is 3.48. The largest absolute Gasteiger partial charge is 0.474 e. The van der Waals surface area contributed by atoms with Crippen LogP contribution in [0.15, 0.2) is 41.2 Å². The Labute approximate surface area is 203 Å². The predicted octanol–water partition coefficient (Wildman–Crippen LogP) is 5.15. The summed E-state index contributed by atoms with van der Waals surface area (Å²) >= 11 is 0. The molecule has 4 heterocycles. The molecule has 0 aliphatic carbocycles. The molecule has 5 rings (SSSR count). The molecule has 0 saturated carbocycles. The molecule has 9 heteroatoms. The number of benzene rings is 1. The van der Waals surface area contributed by atoms with E-state index in [1.54, 1.807) is 12.4 Å². The van der Waals surface area contributed by atoms with E-state index < -0.39 is 5.60 Å². The van der Waals surface area contributed by atoms with E-state index in [4.69, 9.17) is 14.0 Å². The van der Waals surface area contributed by atoms with Gasteiger partial charge in [0.2, 0.25) is 11.7 Å². The van der Waals surface area contributed by atoms with E-state index in [2.05, 4.69) is 36.8 Å². The molecule has 1 aliphatic heterocycles. The number of nitrogens with zero attached hydrogens (tertiary/aromatic N) is 5. The van der Waals surface area contributed by atoms with Crippen molar-refractivity contribution in [2.24, 2.45) is 0 Å². The third kappa shape index (κ3) is 4.89. The highest BCUT2D eigenvalue weighted by atomic mass is 16.6. The van der Waals surface area contributed by atoms with Crippen molar-refractivity contribution in [3.8, 4) is 28.9 Å². The lowest BCUT2D eigenvalue weighted by molar-refractivity contribution is -0.155. The summed E-state index contributed by atoms with van der Waals surface area (Å²) in [7, 11) is 0. The number of carbonyl (C=O) groups is 1. The Morgan fingerprint density at radius 1 is 1.20 bits per heavy atom. The van der Waals surface area contributed by atoms with Crippen molar-refractivity contribution < 1.29 is 18.8 Å². The molecule has 1 atom stereocenters. The second kappa shape index (κ2) is 8.79. The van der Waals surface area contributed by atoms with Crippen LogP contribution in [-0.2, 0) is 16.1 Å². The monoisotopic (exact) mass is 475 g/mol. The first kappa shape index (κ1) is 23.0. The summed E-state index contributed by atoms with van der Waals surface area (Å²) in [5, 5.41) is 5.22. The predicted molar refractivity (Wildman–Crippen MR) is 130 cm³/mol. The fraction of sp³-hybridized carbons (Fsp3) is 0.423. The molecule has 0 spiro atoms. The Kier molecular flexibility index (Phi) is 5.78. The molecule has 4 aromatic rings. The maximum atomic E-state index is 12.4. The second-order valence-electron chi connectivity index (χ2n) is 10.1. The summed E-state index contributed by atoms with van der Waals surface area (Å²) in [5.74, 6) is 1.20. The average molecular weight is 476 g/mol. The van der Waals surface area contributed by atoms with Gasteiger partial charge < -0.3 is 18.6 Å². The number of aryl methyl sites for hydroxylation is 1. The van der Waals surface area contributed by atoms with Crippen LogP contribution in [0.5, 0.6) is 5.88 Å². The summed E-state index contributed by atoms with van der Waals surface area (Å²) in [6.45, 7) is 10.4. The van der Waals surface area contributed by atoms with E-state index >= 15 is 0 Å². The Balaban J connectivity index is 1.36. The summed E-state index contributed by atoms with van der Waals surface area (Å²) in [4.78, 5) is 25.5. The van der Waals surface area contributed by atoms with E-state index in [1.807, 2.05) is 46.8 Å². The first-order chi connectivity index (χ1) is 16.7. The van der Waals surface area contributed by atoms with Crippen LogP contribution in [0.3, 0.4) is 0 Å². The maximum absolute atomic E-state index is 12.4. The summed E-state index contributed by atoms with van der Waals surface area (Å²) in [6.07, 6.45) is 4.44. The number of rotatable bonds is 6. The van der Waals surface area contributed by atoms with Gasteiger partial charge in [-0.15, -0.1) is 0 Å². The van der Waals surface area contributed by atoms with Gasteiger partial charge in [-0.1, -0.05) is 5.16 Å². The van der Waals surface area contributed by atoms with E-state index in [0.29, 0.717) is 29.7 Å². The Morgan fingerprint density at radius 2 is 2.03 bits per heavy atom. The minimum Gasteiger partial charge on any atom is -0.474 e. The highest BCUT2D eigenvalue weighted by Gasteiger charge is 2.29. The number of carbonyl (C=O) groups excluding carboxylic acids is 1. The van der Waals surface area contributed by atoms with Gasteiger partial charge in [-0.05, 0) is 65.3 Å².